The number of Topliss-reactive ketones (excluding diaryl/α,β-unsaturated/α-hetero) is 2. The molecule has 278 valence electrons. The molecular formula is C41H64O6SeSi2. The summed E-state index contributed by atoms with van der Waals surface area (Å²) in [7, 11) is -0.867. The molecule has 0 N–H and O–H groups in total. The molecule has 0 radical (unpaired) electrons. The van der Waals surface area contributed by atoms with Crippen LogP contribution in [0.2, 0.25) is 56.2 Å². The van der Waals surface area contributed by atoms with Crippen molar-refractivity contribution in [2.45, 2.75) is 128 Å². The predicted octanol–water partition coefficient (Wildman–Crippen LogP) is 8.82. The average Bonchev–Trinajstić information content (AvgIpc) is 3.04. The van der Waals surface area contributed by atoms with Gasteiger partial charge in [0.05, 0.1) is 7.11 Å². The van der Waals surface area contributed by atoms with Crippen LogP contribution in [0.15, 0.2) is 54.6 Å². The summed E-state index contributed by atoms with van der Waals surface area (Å²) >= 11 is -0.0458. The van der Waals surface area contributed by atoms with Crippen LogP contribution >= 0.6 is 0 Å². The number of hydrogen-bond acceptors (Lipinski definition) is 6. The number of ether oxygens (including phenoxy) is 4. The van der Waals surface area contributed by atoms with Crippen LogP contribution < -0.4 is 9.20 Å². The van der Waals surface area contributed by atoms with E-state index in [4.69, 9.17) is 18.9 Å². The Hall–Kier alpha value is -1.59. The summed E-state index contributed by atoms with van der Waals surface area (Å²) < 4.78 is 26.0. The zero-order valence-electron chi connectivity index (χ0n) is 32.5. The molecule has 0 heterocycles. The number of hydrogen-bond donors (Lipinski definition) is 0. The van der Waals surface area contributed by atoms with Gasteiger partial charge in [0.2, 0.25) is 0 Å². The minimum atomic E-state index is -1.27. The maximum absolute atomic E-state index is 14.9. The van der Waals surface area contributed by atoms with E-state index in [0.29, 0.717) is 32.7 Å². The van der Waals surface area contributed by atoms with E-state index in [1.54, 1.807) is 7.11 Å². The van der Waals surface area contributed by atoms with Crippen molar-refractivity contribution in [1.29, 1.82) is 0 Å². The Morgan fingerprint density at radius 3 is 2.00 bits per heavy atom. The Bertz CT molecular complexity index is 1370. The van der Waals surface area contributed by atoms with Crippen molar-refractivity contribution in [3.05, 3.63) is 60.2 Å². The van der Waals surface area contributed by atoms with Gasteiger partial charge in [0.1, 0.15) is 5.75 Å². The fourth-order valence-electron chi connectivity index (χ4n) is 7.70. The third kappa shape index (κ3) is 11.2. The van der Waals surface area contributed by atoms with Gasteiger partial charge in [-0.05, 0) is 0 Å². The standard InChI is InChI=1S/C41H64O6SeSi2/c1-40(2)35-28-33(42)38(39(43)41(35,3)23-22-36(40)47-29-30-16-18-31(44-4)19-17-30)34(48-32-14-12-11-13-15-32)20-21-37(45-24-26-49(5,6)7)46-25-27-50(8,9)10/h11-19,34-38H,20-29H2,1-10H3/t34?,35-,36+,38-,41-/m1/s1. The zero-order valence-corrected chi connectivity index (χ0v) is 36.2. The van der Waals surface area contributed by atoms with Crippen LogP contribution in [0.1, 0.15) is 58.4 Å². The molecule has 2 aromatic carbocycles. The van der Waals surface area contributed by atoms with Gasteiger partial charge in [0.15, 0.2) is 0 Å². The number of rotatable bonds is 18. The Balaban J connectivity index is 1.52. The van der Waals surface area contributed by atoms with E-state index in [0.717, 1.165) is 42.7 Å². The molecule has 6 nitrogen and oxygen atoms in total. The van der Waals surface area contributed by atoms with Crippen molar-refractivity contribution in [3.8, 4) is 5.75 Å². The molecule has 9 heteroatoms. The summed E-state index contributed by atoms with van der Waals surface area (Å²) in [5, 5.41) is 0. The fraction of sp³-hybridized carbons (Fsp3) is 0.659. The normalized spacial score (nSPS) is 24.7. The first kappa shape index (κ1) is 41.2. The van der Waals surface area contributed by atoms with Crippen LogP contribution in [0.3, 0.4) is 0 Å². The monoisotopic (exact) mass is 788 g/mol. The molecule has 1 unspecified atom stereocenters. The number of carbonyl (C=O) groups is 2. The van der Waals surface area contributed by atoms with Crippen molar-refractivity contribution in [2.75, 3.05) is 20.3 Å². The minimum absolute atomic E-state index is 0.0356. The molecule has 2 aliphatic rings. The van der Waals surface area contributed by atoms with Gasteiger partial charge in [-0.1, -0.05) is 0 Å². The van der Waals surface area contributed by atoms with Crippen molar-refractivity contribution in [1.82, 2.24) is 0 Å². The number of methoxy groups -OCH3 is 1. The summed E-state index contributed by atoms with van der Waals surface area (Å²) in [5.74, 6) is 0.434. The Kier molecular flexibility index (Phi) is 14.4. The molecule has 2 fully saturated rings. The van der Waals surface area contributed by atoms with Crippen LogP contribution in [0.4, 0.5) is 0 Å². The number of fused-ring (bicyclic) bond motifs is 1. The van der Waals surface area contributed by atoms with Gasteiger partial charge >= 0.3 is 295 Å². The van der Waals surface area contributed by atoms with Gasteiger partial charge in [0, 0.05) is 0 Å². The van der Waals surface area contributed by atoms with Crippen molar-refractivity contribution in [2.24, 2.45) is 22.7 Å². The van der Waals surface area contributed by atoms with E-state index >= 15 is 0 Å². The molecule has 0 aromatic heterocycles. The summed E-state index contributed by atoms with van der Waals surface area (Å²) in [6.07, 6.45) is 3.05. The summed E-state index contributed by atoms with van der Waals surface area (Å²) in [6.45, 7) is 22.6. The van der Waals surface area contributed by atoms with Crippen LogP contribution in [-0.4, -0.2) is 75.4 Å². The Morgan fingerprint density at radius 1 is 0.840 bits per heavy atom. The number of ketones is 2. The molecule has 4 rings (SSSR count). The first-order valence-electron chi connectivity index (χ1n) is 18.7. The molecule has 0 aliphatic heterocycles. The summed E-state index contributed by atoms with van der Waals surface area (Å²) in [5.41, 5.74) is 0.202. The van der Waals surface area contributed by atoms with Crippen molar-refractivity contribution >= 4 is 47.1 Å². The van der Waals surface area contributed by atoms with Crippen LogP contribution in [0.25, 0.3) is 0 Å². The third-order valence-electron chi connectivity index (χ3n) is 11.0. The average molecular weight is 788 g/mol. The third-order valence-corrected chi connectivity index (χ3v) is 17.3. The van der Waals surface area contributed by atoms with Crippen LogP contribution in [-0.2, 0) is 30.4 Å². The van der Waals surface area contributed by atoms with E-state index in [9.17, 15) is 9.59 Å². The summed E-state index contributed by atoms with van der Waals surface area (Å²) in [4.78, 5) is 29.2. The number of carbonyl (C=O) groups excluding carboxylic acids is 2. The molecule has 0 amide bonds. The van der Waals surface area contributed by atoms with Crippen molar-refractivity contribution in [3.63, 3.8) is 0 Å². The molecule has 0 spiro atoms. The number of benzene rings is 2. The van der Waals surface area contributed by atoms with E-state index in [1.807, 2.05) is 30.3 Å². The van der Waals surface area contributed by atoms with Gasteiger partial charge in [-0.15, -0.1) is 0 Å². The zero-order chi connectivity index (χ0) is 36.7. The van der Waals surface area contributed by atoms with Gasteiger partial charge in [-0.25, -0.2) is 0 Å². The molecule has 5 atom stereocenters. The topological polar surface area (TPSA) is 71.1 Å². The quantitative estimate of drug-likeness (QED) is 0.0855. The molecule has 0 bridgehead atoms. The van der Waals surface area contributed by atoms with Crippen molar-refractivity contribution < 1.29 is 28.5 Å². The predicted molar refractivity (Wildman–Crippen MR) is 211 cm³/mol. The van der Waals surface area contributed by atoms with E-state index in [1.165, 1.54) is 4.46 Å². The maximum atomic E-state index is 14.9. The second-order valence-corrected chi connectivity index (χ2v) is 31.8. The Labute approximate surface area is 311 Å². The van der Waals surface area contributed by atoms with Gasteiger partial charge in [-0.3, -0.25) is 0 Å². The van der Waals surface area contributed by atoms with E-state index in [2.05, 4.69) is 84.3 Å². The fourth-order valence-corrected chi connectivity index (χ4v) is 12.0. The second kappa shape index (κ2) is 17.5. The molecule has 2 aromatic rings. The SMILES string of the molecule is COc1ccc(CO[C@H]2CC[C@@]3(C)C(=O)[C@@H](C(CCC(OCC[Si](C)(C)C)OCC[Si](C)(C)C)[Se]c4ccccc4)C(=O)C[C@@H]3C2(C)C)cc1. The summed E-state index contributed by atoms with van der Waals surface area (Å²) in [6, 6.07) is 20.6. The van der Waals surface area contributed by atoms with E-state index < -0.39 is 27.5 Å². The van der Waals surface area contributed by atoms with Gasteiger partial charge in [0.25, 0.3) is 0 Å². The molecule has 2 aliphatic carbocycles. The molecular weight excluding hydrogens is 724 g/mol. The second-order valence-electron chi connectivity index (χ2n) is 17.8. The van der Waals surface area contributed by atoms with E-state index in [-0.39, 0.29) is 55.1 Å². The van der Waals surface area contributed by atoms with Gasteiger partial charge in [-0.2, -0.15) is 0 Å². The Morgan fingerprint density at radius 2 is 1.44 bits per heavy atom. The van der Waals surface area contributed by atoms with Crippen LogP contribution in [0, 0.1) is 22.7 Å². The first-order chi connectivity index (χ1) is 23.4. The van der Waals surface area contributed by atoms with Gasteiger partial charge < -0.3 is 4.74 Å². The molecule has 0 saturated heterocycles. The first-order valence-corrected chi connectivity index (χ1v) is 28.0. The molecule has 2 saturated carbocycles. The van der Waals surface area contributed by atoms with Crippen LogP contribution in [0.5, 0.6) is 5.75 Å². The molecule has 50 heavy (non-hydrogen) atoms.